The van der Waals surface area contributed by atoms with Crippen LogP contribution in [0.15, 0.2) is 47.3 Å². The molecule has 1 aliphatic carbocycles. The highest BCUT2D eigenvalue weighted by Gasteiger charge is 2.30. The lowest BCUT2D eigenvalue weighted by atomic mass is 9.95. The number of nitrogens with zero attached hydrogens (tertiary/aromatic N) is 1. The summed E-state index contributed by atoms with van der Waals surface area (Å²) in [6, 6.07) is 12.3. The first kappa shape index (κ1) is 30.3. The van der Waals surface area contributed by atoms with Crippen LogP contribution in [-0.2, 0) is 29.0 Å². The highest BCUT2D eigenvalue weighted by atomic mass is 35.5. The van der Waals surface area contributed by atoms with Gasteiger partial charge in [-0.15, -0.1) is 0 Å². The Morgan fingerprint density at radius 3 is 2.56 bits per heavy atom. The van der Waals surface area contributed by atoms with E-state index in [0.717, 1.165) is 38.9 Å². The zero-order chi connectivity index (χ0) is 31.8. The van der Waals surface area contributed by atoms with Crippen molar-refractivity contribution in [3.8, 4) is 28.4 Å². The molecule has 45 heavy (non-hydrogen) atoms. The largest absolute Gasteiger partial charge is 0.493 e. The number of carbonyl (C=O) groups excluding carboxylic acids is 2. The number of halogens is 1. The molecule has 1 atom stereocenters. The zero-order valence-electron chi connectivity index (χ0n) is 25.6. The number of hydrogen-bond acceptors (Lipinski definition) is 7. The Labute approximate surface area is 265 Å². The van der Waals surface area contributed by atoms with E-state index in [1.54, 1.807) is 32.3 Å². The second-order valence-corrected chi connectivity index (χ2v) is 11.7. The number of amides is 2. The molecule has 0 saturated heterocycles. The molecule has 0 saturated carbocycles. The highest BCUT2D eigenvalue weighted by Crippen LogP contribution is 2.50. The van der Waals surface area contributed by atoms with Crippen LogP contribution in [0.25, 0.3) is 22.0 Å². The van der Waals surface area contributed by atoms with Crippen molar-refractivity contribution in [1.82, 2.24) is 15.2 Å². The third-order valence-corrected chi connectivity index (χ3v) is 8.87. The van der Waals surface area contributed by atoms with Crippen LogP contribution in [0.2, 0.25) is 5.02 Å². The van der Waals surface area contributed by atoms with Gasteiger partial charge in [0.1, 0.15) is 0 Å². The molecule has 234 valence electrons. The van der Waals surface area contributed by atoms with Gasteiger partial charge in [-0.25, -0.2) is 0 Å². The van der Waals surface area contributed by atoms with Gasteiger partial charge in [0, 0.05) is 59.2 Å². The molecule has 3 N–H and O–H groups in total. The Bertz CT molecular complexity index is 1890. The normalized spacial score (nSPS) is 15.3. The number of benzene rings is 2. The van der Waals surface area contributed by atoms with E-state index >= 15 is 0 Å². The Balaban J connectivity index is 1.33. The van der Waals surface area contributed by atoms with Crippen molar-refractivity contribution >= 4 is 40.0 Å². The molecule has 2 aliphatic rings. The van der Waals surface area contributed by atoms with Crippen molar-refractivity contribution in [2.45, 2.75) is 38.8 Å². The maximum atomic E-state index is 13.6. The van der Waals surface area contributed by atoms with Gasteiger partial charge in [0.2, 0.25) is 23.0 Å². The molecule has 0 fully saturated rings. The van der Waals surface area contributed by atoms with Gasteiger partial charge in [-0.1, -0.05) is 17.7 Å². The zero-order valence-corrected chi connectivity index (χ0v) is 26.4. The van der Waals surface area contributed by atoms with Crippen LogP contribution in [0, 0.1) is 0 Å². The van der Waals surface area contributed by atoms with E-state index in [2.05, 4.69) is 15.6 Å². The minimum absolute atomic E-state index is 0.0532. The SMILES string of the molecule is COc1cc2c(c(OC)c1OC)-c1ccc(NCC(=O)N3CCc4[nH]c5ccc(Cl)cc5c4C3)c(=O)cc1[C@@H](NC(C)=O)CC2. The van der Waals surface area contributed by atoms with E-state index in [9.17, 15) is 14.4 Å². The molecule has 3 aromatic carbocycles. The van der Waals surface area contributed by atoms with Crippen LogP contribution in [0.1, 0.15) is 41.8 Å². The van der Waals surface area contributed by atoms with E-state index in [0.29, 0.717) is 60.2 Å². The third-order valence-electron chi connectivity index (χ3n) is 8.64. The molecule has 6 rings (SSSR count). The molecule has 0 spiro atoms. The number of aryl methyl sites for hydroxylation is 1. The number of ether oxygens (including phenoxy) is 3. The fraction of sp³-hybridized carbons (Fsp3) is 0.324. The van der Waals surface area contributed by atoms with Crippen LogP contribution in [0.5, 0.6) is 17.2 Å². The summed E-state index contributed by atoms with van der Waals surface area (Å²) in [6.07, 6.45) is 1.86. The predicted octanol–water partition coefficient (Wildman–Crippen LogP) is 4.99. The van der Waals surface area contributed by atoms with Gasteiger partial charge in [0.05, 0.1) is 39.6 Å². The summed E-state index contributed by atoms with van der Waals surface area (Å²) in [6.45, 7) is 2.42. The lowest BCUT2D eigenvalue weighted by molar-refractivity contribution is -0.130. The van der Waals surface area contributed by atoms with E-state index in [4.69, 9.17) is 25.8 Å². The number of hydrogen-bond donors (Lipinski definition) is 3. The summed E-state index contributed by atoms with van der Waals surface area (Å²) in [5.74, 6) is 1.11. The second kappa shape index (κ2) is 12.4. The number of anilines is 1. The fourth-order valence-electron chi connectivity index (χ4n) is 6.54. The topological polar surface area (TPSA) is 122 Å². The van der Waals surface area contributed by atoms with Crippen LogP contribution in [-0.4, -0.2) is 56.1 Å². The van der Waals surface area contributed by atoms with E-state index in [1.165, 1.54) is 13.0 Å². The molecule has 2 heterocycles. The number of methoxy groups -OCH3 is 3. The maximum Gasteiger partial charge on any atom is 0.242 e. The minimum atomic E-state index is -0.423. The molecule has 11 heteroatoms. The van der Waals surface area contributed by atoms with Crippen LogP contribution in [0.3, 0.4) is 0 Å². The van der Waals surface area contributed by atoms with Gasteiger partial charge in [-0.3, -0.25) is 14.4 Å². The number of H-pyrrole nitrogens is 1. The Kier molecular flexibility index (Phi) is 8.33. The minimum Gasteiger partial charge on any atom is -0.493 e. The average molecular weight is 631 g/mol. The Hall–Kier alpha value is -4.70. The van der Waals surface area contributed by atoms with Gasteiger partial charge in [0.25, 0.3) is 0 Å². The Morgan fingerprint density at radius 2 is 1.82 bits per heavy atom. The molecule has 10 nitrogen and oxygen atoms in total. The number of carbonyl (C=O) groups is 2. The van der Waals surface area contributed by atoms with Crippen molar-refractivity contribution in [3.05, 3.63) is 80.1 Å². The van der Waals surface area contributed by atoms with Gasteiger partial charge >= 0.3 is 0 Å². The molecule has 2 amide bonds. The first-order valence-electron chi connectivity index (χ1n) is 14.8. The van der Waals surface area contributed by atoms with Crippen molar-refractivity contribution in [1.29, 1.82) is 0 Å². The quantitative estimate of drug-likeness (QED) is 0.263. The van der Waals surface area contributed by atoms with E-state index < -0.39 is 6.04 Å². The monoisotopic (exact) mass is 630 g/mol. The standard InChI is InChI=1S/C34H35ClN4O6/c1-18(40)37-25-8-5-19-13-30(43-2)33(44-3)34(45-4)32(19)21-7-10-28(29(41)15-23(21)25)36-16-31(42)39-12-11-27-24(17-39)22-14-20(35)6-9-26(22)38-27/h6-7,9-10,13-15,25,38H,5,8,11-12,16-17H2,1-4H3,(H,36,41)(H,37,40)/t25-/m0/s1. The third kappa shape index (κ3) is 5.66. The lowest BCUT2D eigenvalue weighted by Crippen LogP contribution is -2.39. The lowest BCUT2D eigenvalue weighted by Gasteiger charge is -2.27. The van der Waals surface area contributed by atoms with Gasteiger partial charge in [-0.2, -0.15) is 0 Å². The molecular formula is C34H35ClN4O6. The van der Waals surface area contributed by atoms with Crippen molar-refractivity contribution in [2.24, 2.45) is 0 Å². The van der Waals surface area contributed by atoms with Crippen LogP contribution in [0.4, 0.5) is 5.69 Å². The molecule has 0 unspecified atom stereocenters. The first-order valence-corrected chi connectivity index (χ1v) is 15.2. The number of nitrogens with one attached hydrogen (secondary N) is 3. The van der Waals surface area contributed by atoms with Gasteiger partial charge in [0.15, 0.2) is 11.5 Å². The fourth-order valence-corrected chi connectivity index (χ4v) is 6.71. The number of fused-ring (bicyclic) bond motifs is 6. The summed E-state index contributed by atoms with van der Waals surface area (Å²) >= 11 is 6.25. The summed E-state index contributed by atoms with van der Waals surface area (Å²) in [5.41, 5.74) is 6.22. The molecule has 4 aromatic rings. The molecule has 0 radical (unpaired) electrons. The number of aromatic nitrogens is 1. The van der Waals surface area contributed by atoms with Crippen molar-refractivity contribution in [3.63, 3.8) is 0 Å². The predicted molar refractivity (Wildman–Crippen MR) is 174 cm³/mol. The maximum absolute atomic E-state index is 13.6. The van der Waals surface area contributed by atoms with E-state index in [1.807, 2.05) is 30.3 Å². The molecular weight excluding hydrogens is 596 g/mol. The Morgan fingerprint density at radius 1 is 1.02 bits per heavy atom. The van der Waals surface area contributed by atoms with Crippen molar-refractivity contribution in [2.75, 3.05) is 39.7 Å². The van der Waals surface area contributed by atoms with Crippen LogP contribution < -0.4 is 30.3 Å². The number of rotatable bonds is 7. The van der Waals surface area contributed by atoms with Gasteiger partial charge < -0.3 is 34.7 Å². The molecule has 0 bridgehead atoms. The van der Waals surface area contributed by atoms with E-state index in [-0.39, 0.29) is 29.5 Å². The van der Waals surface area contributed by atoms with Crippen LogP contribution >= 0.6 is 11.6 Å². The first-order chi connectivity index (χ1) is 21.7. The molecule has 1 aromatic heterocycles. The van der Waals surface area contributed by atoms with Gasteiger partial charge in [-0.05, 0) is 65.9 Å². The number of aromatic amines is 1. The smallest absolute Gasteiger partial charge is 0.242 e. The summed E-state index contributed by atoms with van der Waals surface area (Å²) in [5, 5.41) is 7.75. The average Bonchev–Trinajstić information content (AvgIpc) is 3.22. The molecule has 1 aliphatic heterocycles. The highest BCUT2D eigenvalue weighted by molar-refractivity contribution is 6.31. The summed E-state index contributed by atoms with van der Waals surface area (Å²) in [7, 11) is 4.67. The summed E-state index contributed by atoms with van der Waals surface area (Å²) < 4.78 is 17.1. The second-order valence-electron chi connectivity index (χ2n) is 11.3. The summed E-state index contributed by atoms with van der Waals surface area (Å²) in [4.78, 5) is 44.5. The van der Waals surface area contributed by atoms with Crippen molar-refractivity contribution < 1.29 is 23.8 Å².